The number of nitrogens with zero attached hydrogens (tertiary/aromatic N) is 4. The molecule has 0 spiro atoms. The molecular formula is C16H22N4O3. The van der Waals surface area contributed by atoms with Crippen LogP contribution in [0, 0.1) is 12.3 Å². The first kappa shape index (κ1) is 17.0. The van der Waals surface area contributed by atoms with Crippen LogP contribution in [0.25, 0.3) is 0 Å². The Bertz CT molecular complexity index is 589. The number of ether oxygens (including phenoxy) is 1. The smallest absolute Gasteiger partial charge is 0.410 e. The average Bonchev–Trinajstić information content (AvgIpc) is 2.52. The summed E-state index contributed by atoms with van der Waals surface area (Å²) in [6.45, 7) is 6.72. The van der Waals surface area contributed by atoms with Crippen LogP contribution in [-0.2, 0) is 4.74 Å². The van der Waals surface area contributed by atoms with Crippen LogP contribution in [0.1, 0.15) is 26.3 Å². The highest BCUT2D eigenvalue weighted by atomic mass is 16.6. The number of carbonyl (C=O) groups excluding carboxylic acids is 1. The van der Waals surface area contributed by atoms with Crippen LogP contribution in [0.4, 0.5) is 10.7 Å². The molecule has 0 saturated carbocycles. The van der Waals surface area contributed by atoms with Gasteiger partial charge in [0.2, 0.25) is 5.95 Å². The highest BCUT2D eigenvalue weighted by Gasteiger charge is 2.33. The van der Waals surface area contributed by atoms with Crippen LogP contribution in [0.5, 0.6) is 0 Å². The lowest BCUT2D eigenvalue weighted by atomic mass is 10.2. The maximum atomic E-state index is 12.2. The first-order valence-electron chi connectivity index (χ1n) is 7.48. The summed E-state index contributed by atoms with van der Waals surface area (Å²) in [6, 6.07) is -0.366. The van der Waals surface area contributed by atoms with Gasteiger partial charge >= 0.3 is 6.09 Å². The molecule has 0 unspecified atom stereocenters. The van der Waals surface area contributed by atoms with Gasteiger partial charge in [0.1, 0.15) is 5.60 Å². The van der Waals surface area contributed by atoms with Gasteiger partial charge in [-0.2, -0.15) is 0 Å². The Morgan fingerprint density at radius 2 is 2.09 bits per heavy atom. The molecule has 1 aliphatic rings. The Hall–Kier alpha value is -2.33. The summed E-state index contributed by atoms with van der Waals surface area (Å²) in [5, 5.41) is 9.61. The fourth-order valence-corrected chi connectivity index (χ4v) is 2.31. The lowest BCUT2D eigenvalue weighted by Crippen LogP contribution is -2.57. The number of aliphatic hydroxyl groups is 1. The lowest BCUT2D eigenvalue weighted by molar-refractivity contribution is 0.00694. The maximum Gasteiger partial charge on any atom is 0.410 e. The number of piperazine rings is 1. The third-order valence-electron chi connectivity index (χ3n) is 3.41. The zero-order valence-electron chi connectivity index (χ0n) is 13.7. The lowest BCUT2D eigenvalue weighted by Gasteiger charge is -2.40. The van der Waals surface area contributed by atoms with Gasteiger partial charge in [0.15, 0.2) is 0 Å². The van der Waals surface area contributed by atoms with Crippen molar-refractivity contribution < 1.29 is 14.6 Å². The van der Waals surface area contributed by atoms with E-state index in [9.17, 15) is 9.90 Å². The molecule has 7 heteroatoms. The quantitative estimate of drug-likeness (QED) is 0.816. The van der Waals surface area contributed by atoms with E-state index < -0.39 is 11.7 Å². The minimum atomic E-state index is -0.567. The Kier molecular flexibility index (Phi) is 5.06. The van der Waals surface area contributed by atoms with Crippen molar-refractivity contribution in [3.8, 4) is 12.3 Å². The predicted octanol–water partition coefficient (Wildman–Crippen LogP) is 0.876. The van der Waals surface area contributed by atoms with E-state index in [1.54, 1.807) is 17.3 Å². The molecule has 1 aliphatic heterocycles. The van der Waals surface area contributed by atoms with Gasteiger partial charge < -0.3 is 14.7 Å². The molecule has 1 N–H and O–H groups in total. The van der Waals surface area contributed by atoms with Gasteiger partial charge in [-0.15, -0.1) is 6.42 Å². The number of anilines is 1. The summed E-state index contributed by atoms with van der Waals surface area (Å²) >= 11 is 0. The summed E-state index contributed by atoms with van der Waals surface area (Å²) in [6.07, 6.45) is 8.03. The summed E-state index contributed by atoms with van der Waals surface area (Å²) in [4.78, 5) is 24.2. The van der Waals surface area contributed by atoms with E-state index in [2.05, 4.69) is 15.9 Å². The third kappa shape index (κ3) is 4.33. The SMILES string of the molecule is C#Cc1cnc(N2CCN(C(=O)OC(C)(C)C)[C@@H](CO)C2)nc1. The molecule has 1 aromatic rings. The molecule has 1 aromatic heterocycles. The predicted molar refractivity (Wildman–Crippen MR) is 86.0 cm³/mol. The molecule has 1 fully saturated rings. The van der Waals surface area contributed by atoms with E-state index in [4.69, 9.17) is 11.2 Å². The number of terminal acetylenes is 1. The topological polar surface area (TPSA) is 78.8 Å². The van der Waals surface area contributed by atoms with Crippen molar-refractivity contribution in [3.05, 3.63) is 18.0 Å². The van der Waals surface area contributed by atoms with Crippen molar-refractivity contribution in [2.45, 2.75) is 32.4 Å². The summed E-state index contributed by atoms with van der Waals surface area (Å²) in [7, 11) is 0. The summed E-state index contributed by atoms with van der Waals surface area (Å²) in [5.74, 6) is 3.00. The molecule has 124 valence electrons. The minimum absolute atomic E-state index is 0.155. The van der Waals surface area contributed by atoms with Gasteiger partial charge in [-0.3, -0.25) is 4.90 Å². The molecule has 2 rings (SSSR count). The molecule has 0 aromatic carbocycles. The molecule has 0 bridgehead atoms. The van der Waals surface area contributed by atoms with Crippen LogP contribution in [-0.4, -0.2) is 64.0 Å². The molecule has 1 atom stereocenters. The van der Waals surface area contributed by atoms with Gasteiger partial charge in [-0.25, -0.2) is 14.8 Å². The summed E-state index contributed by atoms with van der Waals surface area (Å²) in [5.41, 5.74) is 0.0439. The van der Waals surface area contributed by atoms with Crippen LogP contribution in [0.3, 0.4) is 0 Å². The van der Waals surface area contributed by atoms with Crippen molar-refractivity contribution in [1.82, 2.24) is 14.9 Å². The highest BCUT2D eigenvalue weighted by Crippen LogP contribution is 2.18. The van der Waals surface area contributed by atoms with Gasteiger partial charge in [0.25, 0.3) is 0 Å². The van der Waals surface area contributed by atoms with Crippen molar-refractivity contribution in [3.63, 3.8) is 0 Å². The van der Waals surface area contributed by atoms with Gasteiger partial charge in [0, 0.05) is 32.0 Å². The second-order valence-corrected chi connectivity index (χ2v) is 6.37. The second-order valence-electron chi connectivity index (χ2n) is 6.37. The number of aliphatic hydroxyl groups excluding tert-OH is 1. The summed E-state index contributed by atoms with van der Waals surface area (Å²) < 4.78 is 5.38. The maximum absolute atomic E-state index is 12.2. The van der Waals surface area contributed by atoms with Crippen LogP contribution >= 0.6 is 0 Å². The standard InChI is InChI=1S/C16H22N4O3/c1-5-12-8-17-14(18-9-12)19-6-7-20(13(10-19)11-21)15(22)23-16(2,3)4/h1,8-9,13,21H,6-7,10-11H2,2-4H3/t13-/m1/s1. The van der Waals surface area contributed by atoms with Gasteiger partial charge in [0.05, 0.1) is 18.2 Å². The molecule has 1 saturated heterocycles. The van der Waals surface area contributed by atoms with Crippen LogP contribution in [0.2, 0.25) is 0 Å². The fourth-order valence-electron chi connectivity index (χ4n) is 2.31. The Morgan fingerprint density at radius 3 is 2.61 bits per heavy atom. The first-order valence-corrected chi connectivity index (χ1v) is 7.48. The van der Waals surface area contributed by atoms with Gasteiger partial charge in [-0.1, -0.05) is 5.92 Å². The van der Waals surface area contributed by atoms with Gasteiger partial charge in [-0.05, 0) is 20.8 Å². The number of rotatable bonds is 2. The fraction of sp³-hybridized carbons (Fsp3) is 0.562. The zero-order valence-corrected chi connectivity index (χ0v) is 13.7. The Balaban J connectivity index is 2.06. The largest absolute Gasteiger partial charge is 0.444 e. The number of hydrogen-bond acceptors (Lipinski definition) is 6. The molecule has 1 amide bonds. The molecule has 23 heavy (non-hydrogen) atoms. The number of aromatic nitrogens is 2. The number of hydrogen-bond donors (Lipinski definition) is 1. The van der Waals surface area contributed by atoms with Crippen molar-refractivity contribution in [2.75, 3.05) is 31.1 Å². The van der Waals surface area contributed by atoms with Crippen molar-refractivity contribution in [1.29, 1.82) is 0 Å². The van der Waals surface area contributed by atoms with E-state index in [1.165, 1.54) is 0 Å². The monoisotopic (exact) mass is 318 g/mol. The molecule has 0 radical (unpaired) electrons. The molecular weight excluding hydrogens is 296 g/mol. The third-order valence-corrected chi connectivity index (χ3v) is 3.41. The number of carbonyl (C=O) groups is 1. The highest BCUT2D eigenvalue weighted by molar-refractivity contribution is 5.69. The second kappa shape index (κ2) is 6.84. The number of amides is 1. The van der Waals surface area contributed by atoms with E-state index in [0.29, 0.717) is 31.1 Å². The Labute approximate surface area is 136 Å². The Morgan fingerprint density at radius 1 is 1.43 bits per heavy atom. The van der Waals surface area contributed by atoms with Crippen molar-refractivity contribution >= 4 is 12.0 Å². The van der Waals surface area contributed by atoms with E-state index in [1.807, 2.05) is 25.7 Å². The van der Waals surface area contributed by atoms with E-state index >= 15 is 0 Å². The normalized spacial score (nSPS) is 18.5. The van der Waals surface area contributed by atoms with Crippen molar-refractivity contribution in [2.24, 2.45) is 0 Å². The molecule has 7 nitrogen and oxygen atoms in total. The minimum Gasteiger partial charge on any atom is -0.444 e. The first-order chi connectivity index (χ1) is 10.8. The van der Waals surface area contributed by atoms with Crippen LogP contribution in [0.15, 0.2) is 12.4 Å². The zero-order chi connectivity index (χ0) is 17.0. The van der Waals surface area contributed by atoms with Crippen LogP contribution < -0.4 is 4.90 Å². The average molecular weight is 318 g/mol. The molecule has 0 aliphatic carbocycles. The molecule has 2 heterocycles. The van der Waals surface area contributed by atoms with E-state index in [-0.39, 0.29) is 12.6 Å². The van der Waals surface area contributed by atoms with E-state index in [0.717, 1.165) is 0 Å².